The summed E-state index contributed by atoms with van der Waals surface area (Å²) in [7, 11) is 0. The van der Waals surface area contributed by atoms with Crippen molar-refractivity contribution in [2.45, 2.75) is 77.5 Å². The number of hydrogen-bond acceptors (Lipinski definition) is 0. The van der Waals surface area contributed by atoms with Crippen molar-refractivity contribution < 1.29 is 0 Å². The Bertz CT molecular complexity index is 108. The van der Waals surface area contributed by atoms with Crippen LogP contribution in [0.4, 0.5) is 0 Å². The van der Waals surface area contributed by atoms with Gasteiger partial charge in [0.15, 0.2) is 0 Å². The summed E-state index contributed by atoms with van der Waals surface area (Å²) in [5.74, 6) is 0. The normalized spacial score (nSPS) is 12.0. The number of hydrogen-bond donors (Lipinski definition) is 0. The Balaban J connectivity index is 3.61. The summed E-state index contributed by atoms with van der Waals surface area (Å²) in [6, 6.07) is 0. The summed E-state index contributed by atoms with van der Waals surface area (Å²) in [5.41, 5.74) is 0. The maximum atomic E-state index is 2.45. The van der Waals surface area contributed by atoms with Gasteiger partial charge in [0.25, 0.3) is 0 Å². The van der Waals surface area contributed by atoms with E-state index in [-0.39, 0.29) is 0 Å². The first-order chi connectivity index (χ1) is 6.74. The van der Waals surface area contributed by atoms with Crippen LogP contribution in [-0.2, 0) is 0 Å². The molecule has 0 heterocycles. The molecule has 0 saturated carbocycles. The van der Waals surface area contributed by atoms with Crippen molar-refractivity contribution in [2.75, 3.05) is 0 Å². The van der Waals surface area contributed by atoms with Crippen molar-refractivity contribution in [2.24, 2.45) is 0 Å². The molecule has 0 fully saturated rings. The minimum atomic E-state index is -1.52. The zero-order valence-corrected chi connectivity index (χ0v) is 13.7. The molecule has 0 rings (SSSR count). The summed E-state index contributed by atoms with van der Waals surface area (Å²) < 4.78 is 6.41. The van der Waals surface area contributed by atoms with E-state index in [2.05, 4.69) is 27.7 Å². The Morgan fingerprint density at radius 3 is 1.57 bits per heavy atom. The molecular formula is C13H30Sn. The molecule has 0 aliphatic heterocycles. The number of unbranched alkanes of at least 4 members (excludes halogenated alkanes) is 4. The van der Waals surface area contributed by atoms with Crippen LogP contribution in [0.15, 0.2) is 0 Å². The summed E-state index contributed by atoms with van der Waals surface area (Å²) in [6.45, 7) is 9.66. The molecule has 0 unspecified atom stereocenters. The van der Waals surface area contributed by atoms with Crippen LogP contribution in [0.1, 0.15) is 59.8 Å². The average Bonchev–Trinajstić information content (AvgIpc) is 2.24. The fourth-order valence-electron chi connectivity index (χ4n) is 2.38. The van der Waals surface area contributed by atoms with Crippen LogP contribution in [0.2, 0.25) is 17.7 Å². The minimum absolute atomic E-state index is 1.38. The van der Waals surface area contributed by atoms with E-state index in [0.29, 0.717) is 0 Å². The molecule has 0 bridgehead atoms. The van der Waals surface area contributed by atoms with E-state index in [4.69, 9.17) is 0 Å². The van der Waals surface area contributed by atoms with Crippen molar-refractivity contribution in [3.8, 4) is 0 Å². The van der Waals surface area contributed by atoms with E-state index in [1.807, 2.05) is 0 Å². The average molecular weight is 305 g/mol. The fraction of sp³-hybridized carbons (Fsp3) is 1.00. The molecule has 14 heavy (non-hydrogen) atoms. The molecular weight excluding hydrogens is 275 g/mol. The van der Waals surface area contributed by atoms with Gasteiger partial charge in [-0.1, -0.05) is 0 Å². The van der Waals surface area contributed by atoms with Gasteiger partial charge < -0.3 is 0 Å². The Morgan fingerprint density at radius 2 is 1.14 bits per heavy atom. The van der Waals surface area contributed by atoms with Gasteiger partial charge in [0, 0.05) is 0 Å². The molecule has 0 aliphatic carbocycles. The van der Waals surface area contributed by atoms with Crippen molar-refractivity contribution in [3.05, 3.63) is 0 Å². The van der Waals surface area contributed by atoms with Crippen LogP contribution in [0.5, 0.6) is 0 Å². The van der Waals surface area contributed by atoms with Gasteiger partial charge in [-0.2, -0.15) is 0 Å². The fourth-order valence-corrected chi connectivity index (χ4v) is 12.5. The second-order valence-electron chi connectivity index (χ2n) is 4.72. The van der Waals surface area contributed by atoms with Crippen molar-refractivity contribution >= 4 is 18.4 Å². The van der Waals surface area contributed by atoms with E-state index in [1.54, 1.807) is 24.2 Å². The summed E-state index contributed by atoms with van der Waals surface area (Å²) in [4.78, 5) is 0. The molecule has 0 atom stereocenters. The van der Waals surface area contributed by atoms with Gasteiger partial charge in [0.2, 0.25) is 0 Å². The summed E-state index contributed by atoms with van der Waals surface area (Å²) in [5, 5.41) is 0. The molecule has 0 aliphatic rings. The van der Waals surface area contributed by atoms with Crippen LogP contribution < -0.4 is 0 Å². The predicted molar refractivity (Wildman–Crippen MR) is 70.8 cm³/mol. The van der Waals surface area contributed by atoms with Gasteiger partial charge in [-0.3, -0.25) is 0 Å². The molecule has 0 aromatic rings. The molecule has 1 heteroatoms. The summed E-state index contributed by atoms with van der Waals surface area (Å²) in [6.07, 6.45) is 7.37. The first-order valence-electron chi connectivity index (χ1n) is 6.74. The molecule has 0 spiro atoms. The van der Waals surface area contributed by atoms with Crippen LogP contribution in [-0.4, -0.2) is 18.4 Å². The quantitative estimate of drug-likeness (QED) is 0.391. The Kier molecular flexibility index (Phi) is 9.57. The molecule has 0 radical (unpaired) electrons. The first-order valence-corrected chi connectivity index (χ1v) is 14.8. The van der Waals surface area contributed by atoms with E-state index >= 15 is 0 Å². The standard InChI is InChI=1S/C7H15.3C2H5.Sn/c1-3-5-7-6-4-2;3*1-2;/h1,3-7H2,2H3;3*1H2,2H3;. The number of rotatable bonds is 9. The Hall–Kier alpha value is 0.799. The second kappa shape index (κ2) is 9.06. The SMILES string of the molecule is CCCCCC[CH2][Sn]([CH2]C)([CH2]C)[CH2]C. The van der Waals surface area contributed by atoms with E-state index in [0.717, 1.165) is 0 Å². The van der Waals surface area contributed by atoms with Crippen LogP contribution in [0.25, 0.3) is 0 Å². The van der Waals surface area contributed by atoms with Crippen LogP contribution in [0, 0.1) is 0 Å². The van der Waals surface area contributed by atoms with Crippen molar-refractivity contribution in [1.29, 1.82) is 0 Å². The van der Waals surface area contributed by atoms with Crippen molar-refractivity contribution in [3.63, 3.8) is 0 Å². The Morgan fingerprint density at radius 1 is 0.643 bits per heavy atom. The molecule has 86 valence electrons. The van der Waals surface area contributed by atoms with E-state index < -0.39 is 18.4 Å². The predicted octanol–water partition coefficient (Wildman–Crippen LogP) is 5.47. The molecule has 0 aromatic carbocycles. The van der Waals surface area contributed by atoms with E-state index in [9.17, 15) is 0 Å². The zero-order valence-electron chi connectivity index (χ0n) is 10.9. The molecule has 0 aromatic heterocycles. The molecule has 0 amide bonds. The third-order valence-corrected chi connectivity index (χ3v) is 20.9. The maximum absolute atomic E-state index is 2.45. The van der Waals surface area contributed by atoms with Gasteiger partial charge >= 0.3 is 95.9 Å². The summed E-state index contributed by atoms with van der Waals surface area (Å²) >= 11 is -1.52. The molecule has 0 nitrogen and oxygen atoms in total. The van der Waals surface area contributed by atoms with Crippen molar-refractivity contribution in [1.82, 2.24) is 0 Å². The third kappa shape index (κ3) is 5.62. The first kappa shape index (κ1) is 14.8. The monoisotopic (exact) mass is 306 g/mol. The van der Waals surface area contributed by atoms with Gasteiger partial charge in [-0.15, -0.1) is 0 Å². The third-order valence-electron chi connectivity index (χ3n) is 4.06. The zero-order chi connectivity index (χ0) is 10.9. The van der Waals surface area contributed by atoms with Crippen LogP contribution in [0.3, 0.4) is 0 Å². The van der Waals surface area contributed by atoms with Crippen LogP contribution >= 0.6 is 0 Å². The second-order valence-corrected chi connectivity index (χ2v) is 20.8. The topological polar surface area (TPSA) is 0 Å². The van der Waals surface area contributed by atoms with Gasteiger partial charge in [0.05, 0.1) is 0 Å². The van der Waals surface area contributed by atoms with Gasteiger partial charge in [-0.25, -0.2) is 0 Å². The van der Waals surface area contributed by atoms with E-state index in [1.165, 1.54) is 25.7 Å². The molecule has 0 N–H and O–H groups in total. The Labute approximate surface area is 95.7 Å². The molecule has 0 saturated heterocycles. The van der Waals surface area contributed by atoms with Gasteiger partial charge in [0.1, 0.15) is 0 Å². The van der Waals surface area contributed by atoms with Gasteiger partial charge in [-0.05, 0) is 0 Å².